The van der Waals surface area contributed by atoms with E-state index in [-0.39, 0.29) is 24.2 Å². The number of fused-ring (bicyclic) bond motifs is 1. The fourth-order valence-electron chi connectivity index (χ4n) is 3.03. The highest BCUT2D eigenvalue weighted by Gasteiger charge is 2.43. The number of amides is 2. The molecule has 1 heterocycles. The lowest BCUT2D eigenvalue weighted by atomic mass is 10.0. The van der Waals surface area contributed by atoms with E-state index in [1.54, 1.807) is 43.3 Å². The molecule has 6 heteroatoms. The van der Waals surface area contributed by atoms with E-state index in [4.69, 9.17) is 4.74 Å². The number of imide groups is 1. The molecule has 1 aliphatic heterocycles. The van der Waals surface area contributed by atoms with Crippen molar-refractivity contribution in [2.24, 2.45) is 5.92 Å². The van der Waals surface area contributed by atoms with Crippen molar-refractivity contribution < 1.29 is 23.9 Å². The first-order valence-electron chi connectivity index (χ1n) is 8.65. The van der Waals surface area contributed by atoms with Crippen LogP contribution in [0.25, 0.3) is 0 Å². The molecular weight excluding hydrogens is 346 g/mol. The largest absolute Gasteiger partial charge is 0.459 e. The smallest absolute Gasteiger partial charge is 0.329 e. The summed E-state index contributed by atoms with van der Waals surface area (Å²) in [5, 5.41) is 0. The second-order valence-electron chi connectivity index (χ2n) is 6.48. The van der Waals surface area contributed by atoms with E-state index in [2.05, 4.69) is 0 Å². The minimum atomic E-state index is -1.15. The van der Waals surface area contributed by atoms with Crippen molar-refractivity contribution in [2.45, 2.75) is 26.0 Å². The predicted octanol–water partition coefficient (Wildman–Crippen LogP) is 2.62. The van der Waals surface area contributed by atoms with Crippen LogP contribution in [0.15, 0.2) is 54.6 Å². The molecule has 0 aliphatic carbocycles. The van der Waals surface area contributed by atoms with E-state index < -0.39 is 29.7 Å². The van der Waals surface area contributed by atoms with Crippen LogP contribution in [0.4, 0.5) is 0 Å². The van der Waals surface area contributed by atoms with Crippen LogP contribution in [-0.4, -0.2) is 35.0 Å². The van der Waals surface area contributed by atoms with Gasteiger partial charge in [-0.3, -0.25) is 14.5 Å². The zero-order valence-electron chi connectivity index (χ0n) is 14.8. The number of nitrogens with zero attached hydrogens (tertiary/aromatic N) is 1. The molecule has 0 spiro atoms. The molecule has 2 aromatic rings. The van der Waals surface area contributed by atoms with Gasteiger partial charge in [0.15, 0.2) is 0 Å². The lowest BCUT2D eigenvalue weighted by Gasteiger charge is -2.25. The molecule has 1 aliphatic rings. The summed E-state index contributed by atoms with van der Waals surface area (Å²) in [5.41, 5.74) is 1.29. The van der Waals surface area contributed by atoms with Crippen molar-refractivity contribution in [2.75, 3.05) is 0 Å². The van der Waals surface area contributed by atoms with Crippen LogP contribution in [0.1, 0.15) is 39.6 Å². The van der Waals surface area contributed by atoms with Gasteiger partial charge >= 0.3 is 5.97 Å². The van der Waals surface area contributed by atoms with E-state index >= 15 is 0 Å². The summed E-state index contributed by atoms with van der Waals surface area (Å²) in [7, 11) is 0. The Morgan fingerprint density at radius 3 is 2.11 bits per heavy atom. The molecule has 138 valence electrons. The van der Waals surface area contributed by atoms with Crippen LogP contribution in [-0.2, 0) is 20.9 Å². The average Bonchev–Trinajstić information content (AvgIpc) is 2.95. The fourth-order valence-corrected chi connectivity index (χ4v) is 3.03. The Morgan fingerprint density at radius 2 is 1.56 bits per heavy atom. The van der Waals surface area contributed by atoms with Crippen LogP contribution in [0, 0.1) is 5.92 Å². The maximum atomic E-state index is 12.7. The number of aldehydes is 1. The number of carbonyl (C=O) groups is 4. The van der Waals surface area contributed by atoms with Crippen LogP contribution in [0.5, 0.6) is 0 Å². The van der Waals surface area contributed by atoms with Crippen LogP contribution in [0.3, 0.4) is 0 Å². The topological polar surface area (TPSA) is 80.8 Å². The lowest BCUT2D eigenvalue weighted by Crippen LogP contribution is -2.46. The van der Waals surface area contributed by atoms with Gasteiger partial charge in [-0.05, 0) is 24.1 Å². The van der Waals surface area contributed by atoms with Gasteiger partial charge in [0.1, 0.15) is 18.9 Å². The van der Waals surface area contributed by atoms with E-state index in [1.807, 2.05) is 18.2 Å². The van der Waals surface area contributed by atoms with Crippen LogP contribution in [0.2, 0.25) is 0 Å². The first-order chi connectivity index (χ1) is 13.0. The summed E-state index contributed by atoms with van der Waals surface area (Å²) in [5.74, 6) is -2.31. The second-order valence-corrected chi connectivity index (χ2v) is 6.48. The maximum Gasteiger partial charge on any atom is 0.329 e. The van der Waals surface area contributed by atoms with Crippen molar-refractivity contribution in [1.29, 1.82) is 0 Å². The van der Waals surface area contributed by atoms with E-state index in [0.717, 1.165) is 10.5 Å². The van der Waals surface area contributed by atoms with E-state index in [9.17, 15) is 19.2 Å². The normalized spacial score (nSPS) is 15.2. The molecule has 6 nitrogen and oxygen atoms in total. The summed E-state index contributed by atoms with van der Waals surface area (Å²) in [4.78, 5) is 50.1. The van der Waals surface area contributed by atoms with Gasteiger partial charge in [-0.25, -0.2) is 4.79 Å². The van der Waals surface area contributed by atoms with Gasteiger partial charge in [-0.1, -0.05) is 49.4 Å². The Kier molecular flexibility index (Phi) is 5.45. The Balaban J connectivity index is 1.83. The van der Waals surface area contributed by atoms with E-state index in [0.29, 0.717) is 6.29 Å². The molecule has 0 N–H and O–H groups in total. The number of hydrogen-bond donors (Lipinski definition) is 0. The third kappa shape index (κ3) is 3.79. The Hall–Kier alpha value is -3.28. The maximum absolute atomic E-state index is 12.7. The highest BCUT2D eigenvalue weighted by Crippen LogP contribution is 2.27. The molecule has 2 amide bonds. The fraction of sp³-hybridized carbons (Fsp3) is 0.238. The third-order valence-electron chi connectivity index (χ3n) is 4.46. The van der Waals surface area contributed by atoms with E-state index in [1.165, 1.54) is 0 Å². The molecule has 0 fully saturated rings. The van der Waals surface area contributed by atoms with Crippen molar-refractivity contribution >= 4 is 24.1 Å². The molecule has 0 unspecified atom stereocenters. The molecule has 0 saturated carbocycles. The van der Waals surface area contributed by atoms with Gasteiger partial charge in [0.25, 0.3) is 11.8 Å². The number of esters is 1. The summed E-state index contributed by atoms with van der Waals surface area (Å²) < 4.78 is 5.34. The SMILES string of the molecule is C[C@@H](C=O)C[C@@H](C(=O)OCc1ccccc1)N1C(=O)c2ccccc2C1=O. The molecule has 2 atom stereocenters. The van der Waals surface area contributed by atoms with Crippen LogP contribution < -0.4 is 0 Å². The Labute approximate surface area is 156 Å². The monoisotopic (exact) mass is 365 g/mol. The Morgan fingerprint density at radius 1 is 1.00 bits per heavy atom. The molecular formula is C21H19NO5. The Bertz CT molecular complexity index is 842. The summed E-state index contributed by atoms with van der Waals surface area (Å²) in [6, 6.07) is 14.3. The van der Waals surface area contributed by atoms with Gasteiger partial charge in [0.05, 0.1) is 11.1 Å². The molecule has 3 rings (SSSR count). The number of rotatable bonds is 7. The minimum absolute atomic E-state index is 0.0165. The second kappa shape index (κ2) is 7.95. The zero-order chi connectivity index (χ0) is 19.4. The van der Waals surface area contributed by atoms with Gasteiger partial charge in [-0.15, -0.1) is 0 Å². The number of hydrogen-bond acceptors (Lipinski definition) is 5. The zero-order valence-corrected chi connectivity index (χ0v) is 14.8. The average molecular weight is 365 g/mol. The van der Waals surface area contributed by atoms with Crippen molar-refractivity contribution in [1.82, 2.24) is 4.90 Å². The number of ether oxygens (including phenoxy) is 1. The quantitative estimate of drug-likeness (QED) is 0.428. The van der Waals surface area contributed by atoms with Crippen molar-refractivity contribution in [3.05, 3.63) is 71.3 Å². The highest BCUT2D eigenvalue weighted by molar-refractivity contribution is 6.22. The van der Waals surface area contributed by atoms with Gasteiger partial charge in [0.2, 0.25) is 0 Å². The first kappa shape index (κ1) is 18.5. The van der Waals surface area contributed by atoms with Crippen LogP contribution >= 0.6 is 0 Å². The molecule has 0 bridgehead atoms. The molecule has 2 aromatic carbocycles. The van der Waals surface area contributed by atoms with Gasteiger partial charge < -0.3 is 9.53 Å². The third-order valence-corrected chi connectivity index (χ3v) is 4.46. The summed E-state index contributed by atoms with van der Waals surface area (Å²) in [6.07, 6.45) is 0.707. The predicted molar refractivity (Wildman–Crippen MR) is 96.8 cm³/mol. The van der Waals surface area contributed by atoms with Gasteiger partial charge in [-0.2, -0.15) is 0 Å². The minimum Gasteiger partial charge on any atom is -0.459 e. The first-order valence-corrected chi connectivity index (χ1v) is 8.65. The molecule has 0 saturated heterocycles. The molecule has 0 aromatic heterocycles. The van der Waals surface area contributed by atoms with Gasteiger partial charge in [0, 0.05) is 5.92 Å². The molecule has 0 radical (unpaired) electrons. The van der Waals surface area contributed by atoms with Crippen molar-refractivity contribution in [3.8, 4) is 0 Å². The standard InChI is InChI=1S/C21H19NO5/c1-14(12-23)11-18(21(26)27-13-15-7-3-2-4-8-15)22-19(24)16-9-5-6-10-17(16)20(22)25/h2-10,12,14,18H,11,13H2,1H3/t14-,18+/m1/s1. The lowest BCUT2D eigenvalue weighted by molar-refractivity contribution is -0.150. The molecule has 27 heavy (non-hydrogen) atoms. The summed E-state index contributed by atoms with van der Waals surface area (Å²) >= 11 is 0. The summed E-state index contributed by atoms with van der Waals surface area (Å²) in [6.45, 7) is 1.65. The number of carbonyl (C=O) groups excluding carboxylic acids is 4. The highest BCUT2D eigenvalue weighted by atomic mass is 16.5. The number of benzene rings is 2. The van der Waals surface area contributed by atoms with Crippen molar-refractivity contribution in [3.63, 3.8) is 0 Å².